The molecule has 0 N–H and O–H groups in total. The smallest absolute Gasteiger partial charge is 0.206 e. The molecule has 19 heavy (non-hydrogen) atoms. The van der Waals surface area contributed by atoms with Crippen molar-refractivity contribution in [1.82, 2.24) is 4.31 Å². The van der Waals surface area contributed by atoms with Crippen LogP contribution in [0.1, 0.15) is 32.1 Å². The van der Waals surface area contributed by atoms with E-state index in [4.69, 9.17) is 0 Å². The average Bonchev–Trinajstić information content (AvgIpc) is 2.84. The first-order valence-electron chi connectivity index (χ1n) is 6.39. The lowest BCUT2D eigenvalue weighted by molar-refractivity contribution is 0.263. The molecule has 1 aliphatic carbocycles. The highest BCUT2D eigenvalue weighted by atomic mass is 79.9. The van der Waals surface area contributed by atoms with E-state index in [1.165, 1.54) is 17.8 Å². The van der Waals surface area contributed by atoms with E-state index in [0.29, 0.717) is 16.1 Å². The quantitative estimate of drug-likeness (QED) is 0.655. The second-order valence-electron chi connectivity index (χ2n) is 4.66. The van der Waals surface area contributed by atoms with Gasteiger partial charge in [-0.15, -0.1) is 11.3 Å². The lowest BCUT2D eigenvalue weighted by Crippen LogP contribution is -2.42. The number of hydrogen-bond donors (Lipinski definition) is 0. The maximum atomic E-state index is 12.7. The van der Waals surface area contributed by atoms with Gasteiger partial charge in [0.1, 0.15) is 4.21 Å². The van der Waals surface area contributed by atoms with E-state index in [1.54, 1.807) is 16.4 Å². The van der Waals surface area contributed by atoms with Crippen LogP contribution in [0.25, 0.3) is 0 Å². The van der Waals surface area contributed by atoms with E-state index >= 15 is 0 Å². The van der Waals surface area contributed by atoms with Crippen molar-refractivity contribution >= 4 is 53.2 Å². The topological polar surface area (TPSA) is 37.4 Å². The normalized spacial score (nSPS) is 18.1. The fourth-order valence-corrected chi connectivity index (χ4v) is 6.95. The van der Waals surface area contributed by atoms with Gasteiger partial charge in [-0.1, -0.05) is 35.2 Å². The predicted molar refractivity (Wildman–Crippen MR) is 86.6 cm³/mol. The summed E-state index contributed by atoms with van der Waals surface area (Å²) < 4.78 is 28.4. The summed E-state index contributed by atoms with van der Waals surface area (Å²) in [6.45, 7) is 0.544. The summed E-state index contributed by atoms with van der Waals surface area (Å²) in [6, 6.07) is 3.65. The Morgan fingerprint density at radius 2 is 1.95 bits per heavy atom. The molecular weight excluding hydrogens is 414 g/mol. The highest BCUT2D eigenvalue weighted by Gasteiger charge is 2.32. The molecule has 0 unspecified atom stereocenters. The molecule has 0 bridgehead atoms. The van der Waals surface area contributed by atoms with Crippen molar-refractivity contribution in [3.8, 4) is 0 Å². The number of halogens is 2. The Bertz CT molecular complexity index is 510. The minimum atomic E-state index is -3.35. The second kappa shape index (κ2) is 7.02. The lowest BCUT2D eigenvalue weighted by atomic mass is 9.95. The number of hydrogen-bond acceptors (Lipinski definition) is 3. The first-order chi connectivity index (χ1) is 9.05. The fourth-order valence-electron chi connectivity index (χ4n) is 2.50. The van der Waals surface area contributed by atoms with Gasteiger partial charge >= 0.3 is 0 Å². The van der Waals surface area contributed by atoms with Gasteiger partial charge in [-0.25, -0.2) is 8.42 Å². The van der Waals surface area contributed by atoms with Crippen LogP contribution in [0.4, 0.5) is 0 Å². The summed E-state index contributed by atoms with van der Waals surface area (Å²) >= 11 is 7.99. The number of alkyl halides is 1. The SMILES string of the molecule is O=S(=O)(c1ccc(Br)s1)N(CCBr)C1CCCCC1. The summed E-state index contributed by atoms with van der Waals surface area (Å²) in [5, 5.41) is 0.676. The van der Waals surface area contributed by atoms with Crippen molar-refractivity contribution in [2.75, 3.05) is 11.9 Å². The van der Waals surface area contributed by atoms with Gasteiger partial charge in [-0.3, -0.25) is 0 Å². The van der Waals surface area contributed by atoms with E-state index in [2.05, 4.69) is 31.9 Å². The number of thiophene rings is 1. The van der Waals surface area contributed by atoms with Gasteiger partial charge in [0.15, 0.2) is 0 Å². The molecule has 1 aromatic heterocycles. The third-order valence-electron chi connectivity index (χ3n) is 3.40. The Hall–Kier alpha value is 0.570. The van der Waals surface area contributed by atoms with Crippen LogP contribution in [0.3, 0.4) is 0 Å². The van der Waals surface area contributed by atoms with Crippen molar-refractivity contribution in [2.45, 2.75) is 42.4 Å². The van der Waals surface area contributed by atoms with Crippen molar-refractivity contribution in [2.24, 2.45) is 0 Å². The van der Waals surface area contributed by atoms with E-state index < -0.39 is 10.0 Å². The highest BCUT2D eigenvalue weighted by molar-refractivity contribution is 9.11. The van der Waals surface area contributed by atoms with Crippen LogP contribution in [0.2, 0.25) is 0 Å². The predicted octanol–water partition coefficient (Wildman–Crippen LogP) is 4.23. The summed E-state index contributed by atoms with van der Waals surface area (Å²) in [6.07, 6.45) is 5.46. The molecular formula is C12H17Br2NO2S2. The Kier molecular flexibility index (Phi) is 5.90. The minimum Gasteiger partial charge on any atom is -0.206 e. The standard InChI is InChI=1S/C12H17Br2NO2S2/c13-8-9-15(10-4-2-1-3-5-10)19(16,17)12-7-6-11(14)18-12/h6-7,10H,1-5,8-9H2. The molecule has 3 nitrogen and oxygen atoms in total. The molecule has 1 fully saturated rings. The van der Waals surface area contributed by atoms with Crippen LogP contribution in [0.15, 0.2) is 20.1 Å². The Labute approximate surface area is 135 Å². The Morgan fingerprint density at radius 1 is 1.26 bits per heavy atom. The Morgan fingerprint density at radius 3 is 2.47 bits per heavy atom. The molecule has 0 saturated heterocycles. The van der Waals surface area contributed by atoms with Crippen molar-refractivity contribution in [3.05, 3.63) is 15.9 Å². The van der Waals surface area contributed by atoms with Crippen molar-refractivity contribution < 1.29 is 8.42 Å². The zero-order valence-corrected chi connectivity index (χ0v) is 15.3. The second-order valence-corrected chi connectivity index (χ2v) is 10.0. The third-order valence-corrected chi connectivity index (χ3v) is 7.80. The largest absolute Gasteiger partial charge is 0.252 e. The van der Waals surface area contributed by atoms with Gasteiger partial charge in [-0.2, -0.15) is 4.31 Å². The molecule has 0 aromatic carbocycles. The molecule has 2 rings (SSSR count). The molecule has 1 aliphatic rings. The molecule has 108 valence electrons. The summed E-state index contributed by atoms with van der Waals surface area (Å²) in [5.74, 6) is 0. The van der Waals surface area contributed by atoms with Gasteiger partial charge in [0.25, 0.3) is 10.0 Å². The number of nitrogens with zero attached hydrogens (tertiary/aromatic N) is 1. The molecule has 0 aliphatic heterocycles. The fraction of sp³-hybridized carbons (Fsp3) is 0.667. The first kappa shape index (κ1) is 15.9. The zero-order chi connectivity index (χ0) is 13.9. The van der Waals surface area contributed by atoms with Crippen LogP contribution in [0.5, 0.6) is 0 Å². The third kappa shape index (κ3) is 3.81. The highest BCUT2D eigenvalue weighted by Crippen LogP contribution is 2.32. The molecule has 1 saturated carbocycles. The van der Waals surface area contributed by atoms with Gasteiger partial charge in [0, 0.05) is 17.9 Å². The Balaban J connectivity index is 2.26. The van der Waals surface area contributed by atoms with Crippen LogP contribution in [-0.4, -0.2) is 30.6 Å². The summed E-state index contributed by atoms with van der Waals surface area (Å²) in [4.78, 5) is 0. The van der Waals surface area contributed by atoms with E-state index in [1.807, 2.05) is 0 Å². The first-order valence-corrected chi connectivity index (χ1v) is 10.6. The summed E-state index contributed by atoms with van der Waals surface area (Å²) in [5.41, 5.74) is 0. The van der Waals surface area contributed by atoms with Crippen LogP contribution in [-0.2, 0) is 10.0 Å². The maximum Gasteiger partial charge on any atom is 0.252 e. The average molecular weight is 431 g/mol. The van der Waals surface area contributed by atoms with Gasteiger partial charge in [-0.05, 0) is 40.9 Å². The van der Waals surface area contributed by atoms with Crippen LogP contribution < -0.4 is 0 Å². The van der Waals surface area contributed by atoms with Crippen molar-refractivity contribution in [3.63, 3.8) is 0 Å². The van der Waals surface area contributed by atoms with Gasteiger partial charge in [0.05, 0.1) is 3.79 Å². The zero-order valence-electron chi connectivity index (χ0n) is 10.5. The molecule has 0 atom stereocenters. The van der Waals surface area contributed by atoms with E-state index in [0.717, 1.165) is 29.5 Å². The van der Waals surface area contributed by atoms with Crippen molar-refractivity contribution in [1.29, 1.82) is 0 Å². The lowest BCUT2D eigenvalue weighted by Gasteiger charge is -2.32. The maximum absolute atomic E-state index is 12.7. The van der Waals surface area contributed by atoms with Crippen LogP contribution in [0, 0.1) is 0 Å². The molecule has 1 heterocycles. The molecule has 0 radical (unpaired) electrons. The molecule has 7 heteroatoms. The van der Waals surface area contributed by atoms with Gasteiger partial charge in [0.2, 0.25) is 0 Å². The minimum absolute atomic E-state index is 0.164. The number of sulfonamides is 1. The van der Waals surface area contributed by atoms with Crippen LogP contribution >= 0.6 is 43.2 Å². The number of rotatable bonds is 5. The van der Waals surface area contributed by atoms with Gasteiger partial charge < -0.3 is 0 Å². The van der Waals surface area contributed by atoms with E-state index in [9.17, 15) is 8.42 Å². The summed E-state index contributed by atoms with van der Waals surface area (Å²) in [7, 11) is -3.35. The monoisotopic (exact) mass is 429 g/mol. The molecule has 1 aromatic rings. The molecule has 0 amide bonds. The molecule has 0 spiro atoms. The van der Waals surface area contributed by atoms with E-state index in [-0.39, 0.29) is 6.04 Å².